The topological polar surface area (TPSA) is 15.3 Å². The van der Waals surface area contributed by atoms with Crippen molar-refractivity contribution in [3.05, 3.63) is 52.2 Å². The number of thiophene rings is 1. The minimum Gasteiger partial charge on any atom is -0.384 e. The molecule has 0 bridgehead atoms. The van der Waals surface area contributed by atoms with E-state index in [0.29, 0.717) is 0 Å². The molecule has 0 spiro atoms. The van der Waals surface area contributed by atoms with Gasteiger partial charge in [-0.1, -0.05) is 24.3 Å². The molecule has 1 aliphatic heterocycles. The molecule has 1 atom stereocenters. The summed E-state index contributed by atoms with van der Waals surface area (Å²) >= 11 is 1.86. The molecule has 0 aliphatic carbocycles. The van der Waals surface area contributed by atoms with E-state index >= 15 is 0 Å². The maximum Gasteiger partial charge on any atom is 0.0372 e. The van der Waals surface area contributed by atoms with E-state index in [0.717, 1.165) is 19.0 Å². The van der Waals surface area contributed by atoms with Crippen molar-refractivity contribution < 1.29 is 0 Å². The van der Waals surface area contributed by atoms with Gasteiger partial charge < -0.3 is 10.2 Å². The molecule has 0 radical (unpaired) electrons. The summed E-state index contributed by atoms with van der Waals surface area (Å²) in [4.78, 5) is 3.96. The lowest BCUT2D eigenvalue weighted by Crippen LogP contribution is -2.34. The fraction of sp³-hybridized carbons (Fsp3) is 0.412. The number of benzene rings is 1. The molecule has 2 aromatic rings. The van der Waals surface area contributed by atoms with Crippen molar-refractivity contribution in [2.45, 2.75) is 12.8 Å². The second-order valence-electron chi connectivity index (χ2n) is 5.70. The van der Waals surface area contributed by atoms with Gasteiger partial charge in [-0.2, -0.15) is 0 Å². The molecule has 106 valence electrons. The zero-order chi connectivity index (χ0) is 13.8. The first-order chi connectivity index (χ1) is 9.81. The van der Waals surface area contributed by atoms with Crippen LogP contribution in [0.25, 0.3) is 0 Å². The van der Waals surface area contributed by atoms with Crippen LogP contribution in [-0.4, -0.2) is 31.6 Å². The summed E-state index contributed by atoms with van der Waals surface area (Å²) in [6.07, 6.45) is 2.37. The van der Waals surface area contributed by atoms with Gasteiger partial charge in [-0.25, -0.2) is 0 Å². The van der Waals surface area contributed by atoms with Gasteiger partial charge in [0.05, 0.1) is 0 Å². The molecule has 20 heavy (non-hydrogen) atoms. The van der Waals surface area contributed by atoms with E-state index in [9.17, 15) is 0 Å². The maximum atomic E-state index is 3.56. The van der Waals surface area contributed by atoms with Gasteiger partial charge in [0.15, 0.2) is 0 Å². The number of anilines is 1. The molecule has 1 aromatic carbocycles. The van der Waals surface area contributed by atoms with E-state index in [4.69, 9.17) is 0 Å². The predicted octanol–water partition coefficient (Wildman–Crippen LogP) is 3.51. The lowest BCUT2D eigenvalue weighted by Gasteiger charge is -2.29. The van der Waals surface area contributed by atoms with Gasteiger partial charge in [0.1, 0.15) is 0 Å². The highest BCUT2D eigenvalue weighted by Gasteiger charge is 2.18. The molecule has 0 saturated heterocycles. The summed E-state index contributed by atoms with van der Waals surface area (Å²) < 4.78 is 0. The highest BCUT2D eigenvalue weighted by molar-refractivity contribution is 7.09. The van der Waals surface area contributed by atoms with E-state index in [1.54, 1.807) is 0 Å². The highest BCUT2D eigenvalue weighted by atomic mass is 32.1. The maximum absolute atomic E-state index is 3.56. The van der Waals surface area contributed by atoms with Gasteiger partial charge in [-0.05, 0) is 48.9 Å². The zero-order valence-electron chi connectivity index (χ0n) is 12.0. The molecule has 3 heteroatoms. The van der Waals surface area contributed by atoms with Crippen molar-refractivity contribution in [2.75, 3.05) is 32.0 Å². The Bertz CT molecular complexity index is 536. The number of fused-ring (bicyclic) bond motifs is 1. The molecule has 0 amide bonds. The summed E-state index contributed by atoms with van der Waals surface area (Å²) in [5.41, 5.74) is 2.79. The van der Waals surface area contributed by atoms with Gasteiger partial charge in [0.25, 0.3) is 0 Å². The van der Waals surface area contributed by atoms with Crippen molar-refractivity contribution in [2.24, 2.45) is 5.92 Å². The minimum absolute atomic E-state index is 0.721. The molecule has 1 N–H and O–H groups in total. The normalized spacial score (nSPS) is 17.8. The third kappa shape index (κ3) is 3.41. The van der Waals surface area contributed by atoms with Crippen molar-refractivity contribution in [3.8, 4) is 0 Å². The molecule has 0 saturated carbocycles. The summed E-state index contributed by atoms with van der Waals surface area (Å²) in [7, 11) is 2.24. The van der Waals surface area contributed by atoms with Crippen LogP contribution in [0.5, 0.6) is 0 Å². The molecule has 2 heterocycles. The fourth-order valence-electron chi connectivity index (χ4n) is 2.93. The lowest BCUT2D eigenvalue weighted by molar-refractivity contribution is 0.282. The van der Waals surface area contributed by atoms with Crippen LogP contribution in [0.2, 0.25) is 0 Å². The largest absolute Gasteiger partial charge is 0.384 e. The zero-order valence-corrected chi connectivity index (χ0v) is 12.8. The number of rotatable bonds is 5. The second kappa shape index (κ2) is 6.42. The van der Waals surface area contributed by atoms with Gasteiger partial charge in [-0.15, -0.1) is 11.3 Å². The van der Waals surface area contributed by atoms with Gasteiger partial charge in [-0.3, -0.25) is 0 Å². The highest BCUT2D eigenvalue weighted by Crippen LogP contribution is 2.24. The number of hydrogen-bond donors (Lipinski definition) is 1. The van der Waals surface area contributed by atoms with Crippen LogP contribution in [0.15, 0.2) is 41.8 Å². The first-order valence-corrected chi connectivity index (χ1v) is 8.22. The number of para-hydroxylation sites is 1. The van der Waals surface area contributed by atoms with Gasteiger partial charge >= 0.3 is 0 Å². The summed E-state index contributed by atoms with van der Waals surface area (Å²) in [5, 5.41) is 5.73. The first kappa shape index (κ1) is 13.7. The Kier molecular flexibility index (Phi) is 4.38. The van der Waals surface area contributed by atoms with E-state index in [1.165, 1.54) is 35.5 Å². The predicted molar refractivity (Wildman–Crippen MR) is 87.6 cm³/mol. The molecular formula is C17H22N2S. The van der Waals surface area contributed by atoms with Crippen molar-refractivity contribution in [3.63, 3.8) is 0 Å². The number of nitrogens with zero attached hydrogens (tertiary/aromatic N) is 1. The molecule has 1 aliphatic rings. The molecule has 0 fully saturated rings. The Morgan fingerprint density at radius 1 is 1.25 bits per heavy atom. The van der Waals surface area contributed by atoms with Crippen molar-refractivity contribution in [1.82, 2.24) is 4.90 Å². The quantitative estimate of drug-likeness (QED) is 0.905. The standard InChI is InChI=1S/C17H22N2S/c1-19(9-8-16-6-4-10-20-16)13-14-11-15-5-2-3-7-17(15)18-12-14/h2-7,10,14,18H,8-9,11-13H2,1H3. The van der Waals surface area contributed by atoms with E-state index in [-0.39, 0.29) is 0 Å². The number of likely N-dealkylation sites (N-methyl/N-ethyl adjacent to an activating group) is 1. The average Bonchev–Trinajstić information content (AvgIpc) is 2.98. The molecular weight excluding hydrogens is 264 g/mol. The average molecular weight is 286 g/mol. The smallest absolute Gasteiger partial charge is 0.0372 e. The Labute approximate surface area is 125 Å². The van der Waals surface area contributed by atoms with Crippen molar-refractivity contribution in [1.29, 1.82) is 0 Å². The Morgan fingerprint density at radius 3 is 3.00 bits per heavy atom. The lowest BCUT2D eigenvalue weighted by atomic mass is 9.93. The van der Waals surface area contributed by atoms with Crippen LogP contribution < -0.4 is 5.32 Å². The van der Waals surface area contributed by atoms with Crippen LogP contribution in [0.3, 0.4) is 0 Å². The second-order valence-corrected chi connectivity index (χ2v) is 6.73. The SMILES string of the molecule is CN(CCc1cccs1)CC1CNc2ccccc2C1. The van der Waals surface area contributed by atoms with Crippen LogP contribution in [0.4, 0.5) is 5.69 Å². The van der Waals surface area contributed by atoms with Crippen molar-refractivity contribution >= 4 is 17.0 Å². The van der Waals surface area contributed by atoms with Crippen LogP contribution >= 0.6 is 11.3 Å². The van der Waals surface area contributed by atoms with Crippen LogP contribution in [0, 0.1) is 5.92 Å². The Morgan fingerprint density at radius 2 is 2.15 bits per heavy atom. The summed E-state index contributed by atoms with van der Waals surface area (Å²) in [5.74, 6) is 0.721. The van der Waals surface area contributed by atoms with Crippen LogP contribution in [0.1, 0.15) is 10.4 Å². The molecule has 3 rings (SSSR count). The summed E-state index contributed by atoms with van der Waals surface area (Å²) in [6.45, 7) is 3.42. The summed E-state index contributed by atoms with van der Waals surface area (Å²) in [6, 6.07) is 13.1. The van der Waals surface area contributed by atoms with Gasteiger partial charge in [0, 0.05) is 30.2 Å². The third-order valence-corrected chi connectivity index (χ3v) is 4.93. The molecule has 1 unspecified atom stereocenters. The van der Waals surface area contributed by atoms with Gasteiger partial charge in [0.2, 0.25) is 0 Å². The third-order valence-electron chi connectivity index (χ3n) is 4.00. The Balaban J connectivity index is 1.49. The van der Waals surface area contributed by atoms with Crippen LogP contribution in [-0.2, 0) is 12.8 Å². The van der Waals surface area contributed by atoms with E-state index < -0.39 is 0 Å². The minimum atomic E-state index is 0.721. The Hall–Kier alpha value is -1.32. The first-order valence-electron chi connectivity index (χ1n) is 7.34. The van der Waals surface area contributed by atoms with E-state index in [2.05, 4.69) is 59.0 Å². The number of nitrogens with one attached hydrogen (secondary N) is 1. The monoisotopic (exact) mass is 286 g/mol. The molecule has 2 nitrogen and oxygen atoms in total. The fourth-order valence-corrected chi connectivity index (χ4v) is 3.62. The molecule has 1 aromatic heterocycles. The number of hydrogen-bond acceptors (Lipinski definition) is 3. The van der Waals surface area contributed by atoms with E-state index in [1.807, 2.05) is 11.3 Å².